The molecule has 0 saturated carbocycles. The summed E-state index contributed by atoms with van der Waals surface area (Å²) in [6.07, 6.45) is 1.84. The first-order valence-corrected chi connectivity index (χ1v) is 7.34. The molecule has 5 heteroatoms. The number of fused-ring (bicyclic) bond motifs is 1. The average Bonchev–Trinajstić information content (AvgIpc) is 3.07. The van der Waals surface area contributed by atoms with Gasteiger partial charge in [-0.2, -0.15) is 0 Å². The molecule has 0 spiro atoms. The van der Waals surface area contributed by atoms with Crippen molar-refractivity contribution < 1.29 is 23.5 Å². The number of ether oxygens (including phenoxy) is 2. The topological polar surface area (TPSA) is 65.7 Å². The van der Waals surface area contributed by atoms with Crippen LogP contribution in [0.1, 0.15) is 40.8 Å². The molecule has 0 atom stereocenters. The predicted octanol–water partition coefficient (Wildman–Crippen LogP) is 3.83. The van der Waals surface area contributed by atoms with Crippen LogP contribution in [0.3, 0.4) is 0 Å². The lowest BCUT2D eigenvalue weighted by Gasteiger charge is -2.09. The van der Waals surface area contributed by atoms with Gasteiger partial charge in [0.15, 0.2) is 5.76 Å². The van der Waals surface area contributed by atoms with Crippen LogP contribution in [0.15, 0.2) is 34.4 Å². The molecule has 0 saturated heterocycles. The number of esters is 1. The van der Waals surface area contributed by atoms with Crippen molar-refractivity contribution in [3.05, 3.63) is 52.7 Å². The first kappa shape index (κ1) is 15.1. The highest BCUT2D eigenvalue weighted by Crippen LogP contribution is 2.39. The van der Waals surface area contributed by atoms with Crippen molar-refractivity contribution in [3.63, 3.8) is 0 Å². The molecule has 0 amide bonds. The molecule has 23 heavy (non-hydrogen) atoms. The van der Waals surface area contributed by atoms with Crippen LogP contribution in [-0.2, 0) is 4.79 Å². The zero-order chi connectivity index (χ0) is 16.6. The third-order valence-corrected chi connectivity index (χ3v) is 3.58. The maximum absolute atomic E-state index is 12.4. The Balaban J connectivity index is 1.94. The fraction of sp³-hybridized carbons (Fsp3) is 0.222. The number of ketones is 1. The van der Waals surface area contributed by atoms with Crippen LogP contribution >= 0.6 is 0 Å². The Labute approximate surface area is 133 Å². The zero-order valence-electron chi connectivity index (χ0n) is 13.1. The van der Waals surface area contributed by atoms with Crippen molar-refractivity contribution in [1.29, 1.82) is 0 Å². The number of furan rings is 1. The van der Waals surface area contributed by atoms with Gasteiger partial charge in [0.25, 0.3) is 0 Å². The van der Waals surface area contributed by atoms with E-state index in [2.05, 4.69) is 0 Å². The summed E-state index contributed by atoms with van der Waals surface area (Å²) in [7, 11) is 0. The largest absolute Gasteiger partial charge is 0.462 e. The molecule has 1 aliphatic rings. The van der Waals surface area contributed by atoms with Crippen LogP contribution < -0.4 is 9.47 Å². The molecule has 0 bridgehead atoms. The molecular weight excluding hydrogens is 296 g/mol. The van der Waals surface area contributed by atoms with Crippen LogP contribution in [0, 0.1) is 13.8 Å². The fourth-order valence-electron chi connectivity index (χ4n) is 2.33. The minimum Gasteiger partial charge on any atom is -0.462 e. The van der Waals surface area contributed by atoms with Gasteiger partial charge in [-0.25, -0.2) is 0 Å². The van der Waals surface area contributed by atoms with Crippen LogP contribution in [0.5, 0.6) is 11.5 Å². The highest BCUT2D eigenvalue weighted by atomic mass is 16.5. The second-order valence-electron chi connectivity index (χ2n) is 5.28. The molecule has 1 aromatic heterocycles. The third kappa shape index (κ3) is 2.77. The molecule has 0 radical (unpaired) electrons. The van der Waals surface area contributed by atoms with E-state index < -0.39 is 0 Å². The summed E-state index contributed by atoms with van der Waals surface area (Å²) in [4.78, 5) is 23.9. The molecular formula is C18H16O5. The van der Waals surface area contributed by atoms with Gasteiger partial charge in [-0.15, -0.1) is 0 Å². The van der Waals surface area contributed by atoms with E-state index in [1.165, 1.54) is 0 Å². The second-order valence-corrected chi connectivity index (χ2v) is 5.28. The van der Waals surface area contributed by atoms with Crippen molar-refractivity contribution >= 4 is 17.8 Å². The molecule has 0 aliphatic carbocycles. The number of Topliss-reactive ketones (excluding diaryl/α,β-unsaturated/α-hetero) is 1. The van der Waals surface area contributed by atoms with Gasteiger partial charge >= 0.3 is 5.97 Å². The number of rotatable bonds is 3. The summed E-state index contributed by atoms with van der Waals surface area (Å²) in [5, 5.41) is 0. The third-order valence-electron chi connectivity index (χ3n) is 3.58. The predicted molar refractivity (Wildman–Crippen MR) is 83.5 cm³/mol. The molecule has 0 fully saturated rings. The van der Waals surface area contributed by atoms with Crippen LogP contribution in [-0.4, -0.2) is 11.8 Å². The summed E-state index contributed by atoms with van der Waals surface area (Å²) < 4.78 is 16.4. The van der Waals surface area contributed by atoms with Gasteiger partial charge in [-0.1, -0.05) is 6.92 Å². The number of hydrogen-bond donors (Lipinski definition) is 0. The van der Waals surface area contributed by atoms with E-state index in [-0.39, 0.29) is 23.9 Å². The highest BCUT2D eigenvalue weighted by Gasteiger charge is 2.30. The smallest absolute Gasteiger partial charge is 0.310 e. The van der Waals surface area contributed by atoms with Gasteiger partial charge in [0.2, 0.25) is 5.78 Å². The molecule has 0 unspecified atom stereocenters. The van der Waals surface area contributed by atoms with E-state index in [4.69, 9.17) is 13.9 Å². The number of carbonyl (C=O) groups is 2. The van der Waals surface area contributed by atoms with Crippen molar-refractivity contribution in [2.45, 2.75) is 27.2 Å². The van der Waals surface area contributed by atoms with E-state index in [0.717, 1.165) is 5.76 Å². The van der Waals surface area contributed by atoms with E-state index in [9.17, 15) is 9.59 Å². The monoisotopic (exact) mass is 312 g/mol. The van der Waals surface area contributed by atoms with Gasteiger partial charge in [-0.3, -0.25) is 9.59 Å². The molecule has 2 aromatic rings. The standard InChI is InChI=1S/C18H16O5/c1-4-16(19)22-14-8-7-13-17(20)15(23-18(13)11(14)3)9-12-6-5-10(2)21-12/h5-9H,4H2,1-3H3/b15-9-. The fourth-order valence-corrected chi connectivity index (χ4v) is 2.33. The number of aryl methyl sites for hydroxylation is 1. The summed E-state index contributed by atoms with van der Waals surface area (Å²) in [5.41, 5.74) is 1.07. The number of hydrogen-bond acceptors (Lipinski definition) is 5. The molecule has 2 heterocycles. The van der Waals surface area contributed by atoms with Crippen molar-refractivity contribution in [3.8, 4) is 11.5 Å². The Morgan fingerprint density at radius 1 is 1.22 bits per heavy atom. The molecule has 3 rings (SSSR count). The second kappa shape index (κ2) is 5.76. The van der Waals surface area contributed by atoms with Crippen molar-refractivity contribution in [2.75, 3.05) is 0 Å². The molecule has 0 N–H and O–H groups in total. The molecule has 1 aromatic carbocycles. The Kier molecular flexibility index (Phi) is 3.78. The van der Waals surface area contributed by atoms with Gasteiger partial charge < -0.3 is 13.9 Å². The number of benzene rings is 1. The van der Waals surface area contributed by atoms with Gasteiger partial charge in [-0.05, 0) is 38.1 Å². The van der Waals surface area contributed by atoms with Gasteiger partial charge in [0.05, 0.1) is 5.56 Å². The van der Waals surface area contributed by atoms with Gasteiger partial charge in [0.1, 0.15) is 23.0 Å². The minimum atomic E-state index is -0.334. The quantitative estimate of drug-likeness (QED) is 0.489. The molecule has 5 nitrogen and oxygen atoms in total. The maximum atomic E-state index is 12.4. The Morgan fingerprint density at radius 3 is 2.65 bits per heavy atom. The van der Waals surface area contributed by atoms with Crippen molar-refractivity contribution in [1.82, 2.24) is 0 Å². The summed E-state index contributed by atoms with van der Waals surface area (Å²) in [6, 6.07) is 6.80. The van der Waals surface area contributed by atoms with E-state index in [1.807, 2.05) is 13.0 Å². The highest BCUT2D eigenvalue weighted by molar-refractivity contribution is 6.14. The molecule has 118 valence electrons. The van der Waals surface area contributed by atoms with E-state index in [0.29, 0.717) is 28.4 Å². The Bertz CT molecular complexity index is 826. The van der Waals surface area contributed by atoms with Crippen molar-refractivity contribution in [2.24, 2.45) is 0 Å². The SMILES string of the molecule is CCC(=O)Oc1ccc2c(c1C)O/C(=C\c1ccc(C)o1)C2=O. The lowest BCUT2D eigenvalue weighted by Crippen LogP contribution is -2.06. The summed E-state index contributed by atoms with van der Waals surface area (Å²) in [6.45, 7) is 5.30. The minimum absolute atomic E-state index is 0.191. The average molecular weight is 312 g/mol. The lowest BCUT2D eigenvalue weighted by atomic mass is 10.1. The Hall–Kier alpha value is -2.82. The Morgan fingerprint density at radius 2 is 2.00 bits per heavy atom. The summed E-state index contributed by atoms with van der Waals surface area (Å²) >= 11 is 0. The van der Waals surface area contributed by atoms with E-state index >= 15 is 0 Å². The number of allylic oxidation sites excluding steroid dienone is 1. The van der Waals surface area contributed by atoms with Gasteiger partial charge in [0, 0.05) is 18.1 Å². The first-order chi connectivity index (χ1) is 11.0. The van der Waals surface area contributed by atoms with E-state index in [1.54, 1.807) is 38.1 Å². The zero-order valence-corrected chi connectivity index (χ0v) is 13.1. The van der Waals surface area contributed by atoms with Crippen LogP contribution in [0.2, 0.25) is 0 Å². The summed E-state index contributed by atoms with van der Waals surface area (Å²) in [5.74, 6) is 1.77. The number of carbonyl (C=O) groups excluding carboxylic acids is 2. The van der Waals surface area contributed by atoms with Crippen LogP contribution in [0.25, 0.3) is 6.08 Å². The maximum Gasteiger partial charge on any atom is 0.310 e. The molecule has 1 aliphatic heterocycles. The lowest BCUT2D eigenvalue weighted by molar-refractivity contribution is -0.134. The van der Waals surface area contributed by atoms with Crippen LogP contribution in [0.4, 0.5) is 0 Å². The first-order valence-electron chi connectivity index (χ1n) is 7.34. The normalized spacial score (nSPS) is 14.7.